The van der Waals surface area contributed by atoms with Crippen molar-refractivity contribution in [3.63, 3.8) is 0 Å². The Hall–Kier alpha value is -2.90. The molecule has 2 aromatic carbocycles. The highest BCUT2D eigenvalue weighted by atomic mass is 32.2. The van der Waals surface area contributed by atoms with Crippen LogP contribution in [0.1, 0.15) is 18.1 Å². The normalized spacial score (nSPS) is 10.8. The van der Waals surface area contributed by atoms with Crippen LogP contribution in [-0.2, 0) is 17.8 Å². The van der Waals surface area contributed by atoms with Gasteiger partial charge in [-0.1, -0.05) is 66.4 Å². The summed E-state index contributed by atoms with van der Waals surface area (Å²) in [4.78, 5) is 13.7. The van der Waals surface area contributed by atoms with Crippen LogP contribution in [0.2, 0.25) is 0 Å². The van der Waals surface area contributed by atoms with E-state index in [1.54, 1.807) is 11.3 Å². The molecule has 0 aliphatic heterocycles. The fraction of sp³-hybridized carbons (Fsp3) is 0.174. The van der Waals surface area contributed by atoms with Crippen LogP contribution in [0.3, 0.4) is 0 Å². The fourth-order valence-corrected chi connectivity index (χ4v) is 4.72. The van der Waals surface area contributed by atoms with Crippen molar-refractivity contribution < 1.29 is 4.79 Å². The molecule has 2 heterocycles. The quantitative estimate of drug-likeness (QED) is 0.380. The van der Waals surface area contributed by atoms with E-state index in [1.807, 2.05) is 58.5 Å². The van der Waals surface area contributed by atoms with Crippen LogP contribution in [-0.4, -0.2) is 26.4 Å². The molecular formula is C23H22N4OS2. The summed E-state index contributed by atoms with van der Waals surface area (Å²) in [6.45, 7) is 2.81. The summed E-state index contributed by atoms with van der Waals surface area (Å²) >= 11 is 3.04. The van der Waals surface area contributed by atoms with Gasteiger partial charge in [0.2, 0.25) is 5.91 Å². The van der Waals surface area contributed by atoms with Gasteiger partial charge in [-0.15, -0.1) is 21.5 Å². The number of carbonyl (C=O) groups is 1. The molecule has 4 aromatic rings. The van der Waals surface area contributed by atoms with Gasteiger partial charge >= 0.3 is 0 Å². The molecule has 0 spiro atoms. The molecular weight excluding hydrogens is 412 g/mol. The Morgan fingerprint density at radius 2 is 1.83 bits per heavy atom. The van der Waals surface area contributed by atoms with Crippen LogP contribution in [0.5, 0.6) is 0 Å². The second-order valence-corrected chi connectivity index (χ2v) is 8.57. The summed E-state index contributed by atoms with van der Waals surface area (Å²) in [7, 11) is 0. The molecule has 0 saturated carbocycles. The van der Waals surface area contributed by atoms with Gasteiger partial charge in [-0.25, -0.2) is 0 Å². The van der Waals surface area contributed by atoms with Gasteiger partial charge < -0.3 is 9.88 Å². The van der Waals surface area contributed by atoms with E-state index in [-0.39, 0.29) is 11.7 Å². The van der Waals surface area contributed by atoms with Gasteiger partial charge in [0.15, 0.2) is 11.0 Å². The number of nitrogens with one attached hydrogen (secondary N) is 1. The predicted octanol–water partition coefficient (Wildman–Crippen LogP) is 5.35. The van der Waals surface area contributed by atoms with Gasteiger partial charge in [-0.05, 0) is 42.0 Å². The van der Waals surface area contributed by atoms with E-state index in [4.69, 9.17) is 0 Å². The fourth-order valence-electron chi connectivity index (χ4n) is 3.20. The highest BCUT2D eigenvalue weighted by Gasteiger charge is 2.15. The topological polar surface area (TPSA) is 59.8 Å². The Labute approximate surface area is 184 Å². The third kappa shape index (κ3) is 4.80. The predicted molar refractivity (Wildman–Crippen MR) is 124 cm³/mol. The van der Waals surface area contributed by atoms with Crippen molar-refractivity contribution in [2.45, 2.75) is 25.0 Å². The summed E-state index contributed by atoms with van der Waals surface area (Å²) in [5.41, 5.74) is 3.16. The third-order valence-electron chi connectivity index (χ3n) is 4.64. The number of thiophene rings is 1. The molecule has 1 amide bonds. The number of aromatic nitrogens is 3. The Balaban J connectivity index is 1.42. The molecule has 0 fully saturated rings. The second-order valence-electron chi connectivity index (χ2n) is 6.68. The van der Waals surface area contributed by atoms with Crippen LogP contribution in [0, 0.1) is 0 Å². The number of benzene rings is 2. The molecule has 0 radical (unpaired) electrons. The van der Waals surface area contributed by atoms with Crippen LogP contribution < -0.4 is 5.32 Å². The molecule has 4 rings (SSSR count). The lowest BCUT2D eigenvalue weighted by Crippen LogP contribution is -2.16. The molecule has 0 atom stereocenters. The van der Waals surface area contributed by atoms with E-state index in [2.05, 4.69) is 40.6 Å². The first kappa shape index (κ1) is 20.4. The molecule has 0 saturated heterocycles. The van der Waals surface area contributed by atoms with Gasteiger partial charge in [0.05, 0.1) is 10.6 Å². The van der Waals surface area contributed by atoms with Crippen molar-refractivity contribution in [3.05, 3.63) is 83.2 Å². The summed E-state index contributed by atoms with van der Waals surface area (Å²) in [5, 5.41) is 14.5. The highest BCUT2D eigenvalue weighted by Crippen LogP contribution is 2.27. The molecule has 152 valence electrons. The minimum absolute atomic E-state index is 0.0520. The highest BCUT2D eigenvalue weighted by molar-refractivity contribution is 7.99. The first-order valence-electron chi connectivity index (χ1n) is 9.76. The van der Waals surface area contributed by atoms with E-state index in [1.165, 1.54) is 17.3 Å². The summed E-state index contributed by atoms with van der Waals surface area (Å²) < 4.78 is 2.05. The number of amides is 1. The number of hydrogen-bond acceptors (Lipinski definition) is 5. The number of nitrogens with zero attached hydrogens (tertiary/aromatic N) is 3. The maximum Gasteiger partial charge on any atom is 0.234 e. The maximum absolute atomic E-state index is 12.6. The van der Waals surface area contributed by atoms with Gasteiger partial charge in [-0.2, -0.15) is 0 Å². The van der Waals surface area contributed by atoms with Crippen molar-refractivity contribution >= 4 is 34.7 Å². The van der Waals surface area contributed by atoms with Gasteiger partial charge in [0, 0.05) is 12.2 Å². The van der Waals surface area contributed by atoms with Crippen LogP contribution >= 0.6 is 23.1 Å². The summed E-state index contributed by atoms with van der Waals surface area (Å²) in [6.07, 6.45) is 0.777. The van der Waals surface area contributed by atoms with E-state index >= 15 is 0 Å². The van der Waals surface area contributed by atoms with Crippen molar-refractivity contribution in [1.82, 2.24) is 14.8 Å². The monoisotopic (exact) mass is 434 g/mol. The van der Waals surface area contributed by atoms with Crippen molar-refractivity contribution in [1.29, 1.82) is 0 Å². The van der Waals surface area contributed by atoms with Crippen molar-refractivity contribution in [2.75, 3.05) is 11.1 Å². The molecule has 0 aliphatic rings. The third-order valence-corrected chi connectivity index (χ3v) is 6.47. The number of thioether (sulfide) groups is 1. The molecule has 0 unspecified atom stereocenters. The molecule has 5 nitrogen and oxygen atoms in total. The number of anilines is 1. The number of para-hydroxylation sites is 1. The first-order chi connectivity index (χ1) is 14.7. The summed E-state index contributed by atoms with van der Waals surface area (Å²) in [5.74, 6) is 1.08. The van der Waals surface area contributed by atoms with E-state index < -0.39 is 0 Å². The average Bonchev–Trinajstić information content (AvgIpc) is 3.44. The SMILES string of the molecule is CCn1c(SCC(=O)Nc2ccccc2Cc2ccccc2)nnc1-c1cccs1. The molecule has 0 aliphatic carbocycles. The lowest BCUT2D eigenvalue weighted by molar-refractivity contribution is -0.113. The Morgan fingerprint density at radius 3 is 2.60 bits per heavy atom. The first-order valence-corrected chi connectivity index (χ1v) is 11.6. The molecule has 0 bridgehead atoms. The zero-order valence-electron chi connectivity index (χ0n) is 16.6. The smallest absolute Gasteiger partial charge is 0.234 e. The zero-order chi connectivity index (χ0) is 20.8. The van der Waals surface area contributed by atoms with Gasteiger partial charge in [-0.3, -0.25) is 4.79 Å². The molecule has 7 heteroatoms. The van der Waals surface area contributed by atoms with Gasteiger partial charge in [0.1, 0.15) is 0 Å². The Bertz CT molecular complexity index is 1110. The Morgan fingerprint density at radius 1 is 1.03 bits per heavy atom. The van der Waals surface area contributed by atoms with E-state index in [9.17, 15) is 4.79 Å². The molecule has 2 aromatic heterocycles. The second kappa shape index (κ2) is 9.73. The standard InChI is InChI=1S/C23H22N4OS2/c1-2-27-22(20-13-8-14-29-20)25-26-23(27)30-16-21(28)24-19-12-7-6-11-18(19)15-17-9-4-3-5-10-17/h3-14H,2,15-16H2,1H3,(H,24,28). The van der Waals surface area contributed by atoms with Crippen LogP contribution in [0.15, 0.2) is 77.3 Å². The van der Waals surface area contributed by atoms with E-state index in [0.29, 0.717) is 0 Å². The van der Waals surface area contributed by atoms with Crippen molar-refractivity contribution in [3.8, 4) is 10.7 Å². The average molecular weight is 435 g/mol. The van der Waals surface area contributed by atoms with E-state index in [0.717, 1.165) is 40.1 Å². The zero-order valence-corrected chi connectivity index (χ0v) is 18.2. The Kier molecular flexibility index (Phi) is 6.61. The minimum atomic E-state index is -0.0520. The number of hydrogen-bond donors (Lipinski definition) is 1. The molecule has 30 heavy (non-hydrogen) atoms. The maximum atomic E-state index is 12.6. The largest absolute Gasteiger partial charge is 0.325 e. The number of rotatable bonds is 8. The molecule has 1 N–H and O–H groups in total. The van der Waals surface area contributed by atoms with Crippen molar-refractivity contribution in [2.24, 2.45) is 0 Å². The van der Waals surface area contributed by atoms with Crippen LogP contribution in [0.4, 0.5) is 5.69 Å². The minimum Gasteiger partial charge on any atom is -0.325 e. The number of carbonyl (C=O) groups excluding carboxylic acids is 1. The lowest BCUT2D eigenvalue weighted by atomic mass is 10.0. The van der Waals surface area contributed by atoms with Crippen LogP contribution in [0.25, 0.3) is 10.7 Å². The van der Waals surface area contributed by atoms with Gasteiger partial charge in [0.25, 0.3) is 0 Å². The summed E-state index contributed by atoms with van der Waals surface area (Å²) in [6, 6.07) is 22.2. The lowest BCUT2D eigenvalue weighted by Gasteiger charge is -2.11.